The van der Waals surface area contributed by atoms with Crippen LogP contribution >= 0.6 is 0 Å². The lowest BCUT2D eigenvalue weighted by Gasteiger charge is -2.31. The van der Waals surface area contributed by atoms with Gasteiger partial charge in [-0.3, -0.25) is 0 Å². The Morgan fingerprint density at radius 3 is 2.45 bits per heavy atom. The number of halogens is 2. The van der Waals surface area contributed by atoms with Gasteiger partial charge in [-0.1, -0.05) is 30.3 Å². The van der Waals surface area contributed by atoms with Gasteiger partial charge in [0.25, 0.3) is 5.92 Å². The van der Waals surface area contributed by atoms with Gasteiger partial charge >= 0.3 is 5.97 Å². The van der Waals surface area contributed by atoms with Crippen molar-refractivity contribution in [2.75, 3.05) is 7.11 Å². The monoisotopic (exact) mass is 281 g/mol. The molecule has 0 radical (unpaired) electrons. The Hall–Kier alpha value is -2.21. The summed E-state index contributed by atoms with van der Waals surface area (Å²) in [5.74, 6) is -5.21. The number of hydrogen-bond acceptors (Lipinski definition) is 3. The van der Waals surface area contributed by atoms with E-state index in [-0.39, 0.29) is 11.3 Å². The number of allylic oxidation sites excluding steroid dienone is 1. The van der Waals surface area contributed by atoms with Gasteiger partial charge in [-0.25, -0.2) is 4.79 Å². The molecule has 1 aromatic rings. The first-order chi connectivity index (χ1) is 9.39. The van der Waals surface area contributed by atoms with Crippen molar-refractivity contribution < 1.29 is 23.4 Å². The number of ether oxygens (including phenoxy) is 1. The fourth-order valence-electron chi connectivity index (χ4n) is 2.11. The molecule has 4 nitrogen and oxygen atoms in total. The molecule has 20 heavy (non-hydrogen) atoms. The summed E-state index contributed by atoms with van der Waals surface area (Å²) in [5.41, 5.74) is 4.67. The molecule has 0 aliphatic heterocycles. The van der Waals surface area contributed by atoms with E-state index in [1.807, 2.05) is 0 Å². The van der Waals surface area contributed by atoms with Gasteiger partial charge in [0.1, 0.15) is 11.8 Å². The summed E-state index contributed by atoms with van der Waals surface area (Å²) >= 11 is 0. The van der Waals surface area contributed by atoms with Crippen LogP contribution < -0.4 is 5.73 Å². The van der Waals surface area contributed by atoms with Crippen LogP contribution in [-0.2, 0) is 9.53 Å². The summed E-state index contributed by atoms with van der Waals surface area (Å²) in [4.78, 5) is 11.0. The maximum Gasteiger partial charge on any atom is 0.333 e. The topological polar surface area (TPSA) is 72.5 Å². The Bertz CT molecular complexity index is 594. The zero-order valence-electron chi connectivity index (χ0n) is 10.6. The minimum Gasteiger partial charge on any atom is -0.496 e. The number of alkyl halides is 2. The van der Waals surface area contributed by atoms with Crippen molar-refractivity contribution >= 4 is 11.5 Å². The number of carboxylic acids is 1. The van der Waals surface area contributed by atoms with Gasteiger partial charge in [-0.05, 0) is 11.6 Å². The van der Waals surface area contributed by atoms with Crippen molar-refractivity contribution in [3.63, 3.8) is 0 Å². The zero-order chi connectivity index (χ0) is 14.9. The molecule has 0 saturated heterocycles. The van der Waals surface area contributed by atoms with Gasteiger partial charge in [0.2, 0.25) is 0 Å². The normalized spacial score (nSPS) is 21.4. The van der Waals surface area contributed by atoms with Crippen molar-refractivity contribution in [3.05, 3.63) is 53.3 Å². The van der Waals surface area contributed by atoms with Crippen LogP contribution in [0.15, 0.2) is 47.7 Å². The van der Waals surface area contributed by atoms with Gasteiger partial charge in [-0.2, -0.15) is 8.78 Å². The Morgan fingerprint density at radius 2 is 1.95 bits per heavy atom. The molecule has 0 aromatic heterocycles. The van der Waals surface area contributed by atoms with Crippen LogP contribution in [-0.4, -0.2) is 30.2 Å². The van der Waals surface area contributed by atoms with Crippen LogP contribution in [0.2, 0.25) is 0 Å². The number of carboxylic acid groups (broad SMARTS) is 1. The molecule has 0 saturated carbocycles. The highest BCUT2D eigenvalue weighted by atomic mass is 19.3. The average molecular weight is 281 g/mol. The van der Waals surface area contributed by atoms with Crippen LogP contribution in [0.1, 0.15) is 5.56 Å². The Morgan fingerprint density at radius 1 is 1.35 bits per heavy atom. The number of nitrogens with two attached hydrogens (primary N) is 1. The highest BCUT2D eigenvalue weighted by Gasteiger charge is 2.50. The summed E-state index contributed by atoms with van der Waals surface area (Å²) < 4.78 is 33.8. The summed E-state index contributed by atoms with van der Waals surface area (Å²) in [6.07, 6.45) is 1.05. The number of rotatable bonds is 3. The largest absolute Gasteiger partial charge is 0.496 e. The number of carbonyl (C=O) groups is 1. The minimum absolute atomic E-state index is 0.194. The van der Waals surface area contributed by atoms with Crippen molar-refractivity contribution in [2.45, 2.75) is 12.0 Å². The van der Waals surface area contributed by atoms with E-state index >= 15 is 0 Å². The highest BCUT2D eigenvalue weighted by molar-refractivity contribution is 5.93. The molecule has 0 heterocycles. The molecule has 3 N–H and O–H groups in total. The molecule has 1 aromatic carbocycles. The van der Waals surface area contributed by atoms with E-state index in [9.17, 15) is 13.6 Å². The van der Waals surface area contributed by atoms with E-state index in [4.69, 9.17) is 15.6 Å². The van der Waals surface area contributed by atoms with Crippen molar-refractivity contribution in [2.24, 2.45) is 5.73 Å². The third-order valence-electron chi connectivity index (χ3n) is 3.12. The maximum atomic E-state index is 14.4. The number of hydrogen-bond donors (Lipinski definition) is 2. The molecule has 1 aliphatic rings. The fourth-order valence-corrected chi connectivity index (χ4v) is 2.11. The standard InChI is InChI=1S/C14H13F2NO3/c1-20-10-7-9(13(18)19)12(17)14(15,16)11(10)8-5-3-2-4-6-8/h2-7,12H,17H2,1H3,(H,18,19). The van der Waals surface area contributed by atoms with E-state index in [2.05, 4.69) is 0 Å². The molecule has 106 valence electrons. The van der Waals surface area contributed by atoms with Gasteiger partial charge in [-0.15, -0.1) is 0 Å². The van der Waals surface area contributed by atoms with E-state index in [0.717, 1.165) is 6.08 Å². The van der Waals surface area contributed by atoms with E-state index in [1.165, 1.54) is 19.2 Å². The molecule has 0 fully saturated rings. The third-order valence-corrected chi connectivity index (χ3v) is 3.12. The summed E-state index contributed by atoms with van der Waals surface area (Å²) in [5, 5.41) is 8.95. The average Bonchev–Trinajstić information content (AvgIpc) is 2.42. The molecule has 1 unspecified atom stereocenters. The second-order valence-corrected chi connectivity index (χ2v) is 4.31. The maximum absolute atomic E-state index is 14.4. The zero-order valence-corrected chi connectivity index (χ0v) is 10.6. The second kappa shape index (κ2) is 5.05. The molecule has 0 spiro atoms. The van der Waals surface area contributed by atoms with Crippen LogP contribution in [0.3, 0.4) is 0 Å². The lowest BCUT2D eigenvalue weighted by Crippen LogP contribution is -2.47. The van der Waals surface area contributed by atoms with Crippen molar-refractivity contribution in [3.8, 4) is 0 Å². The molecular weight excluding hydrogens is 268 g/mol. The Balaban J connectivity index is 2.69. The number of aliphatic carboxylic acids is 1. The van der Waals surface area contributed by atoms with Gasteiger partial charge in [0.15, 0.2) is 0 Å². The Kier molecular flexibility index (Phi) is 3.59. The van der Waals surface area contributed by atoms with Gasteiger partial charge < -0.3 is 15.6 Å². The highest BCUT2D eigenvalue weighted by Crippen LogP contribution is 2.43. The van der Waals surface area contributed by atoms with E-state index in [1.54, 1.807) is 18.2 Å². The first-order valence-electron chi connectivity index (χ1n) is 5.82. The quantitative estimate of drug-likeness (QED) is 0.889. The van der Waals surface area contributed by atoms with Crippen LogP contribution in [0.25, 0.3) is 5.57 Å². The van der Waals surface area contributed by atoms with Crippen LogP contribution in [0, 0.1) is 0 Å². The predicted molar refractivity (Wildman–Crippen MR) is 69.0 cm³/mol. The van der Waals surface area contributed by atoms with Crippen LogP contribution in [0.4, 0.5) is 8.78 Å². The van der Waals surface area contributed by atoms with Gasteiger partial charge in [0, 0.05) is 0 Å². The lowest BCUT2D eigenvalue weighted by molar-refractivity contribution is -0.133. The summed E-state index contributed by atoms with van der Waals surface area (Å²) in [6, 6.07) is 5.97. The van der Waals surface area contributed by atoms with E-state index < -0.39 is 29.1 Å². The van der Waals surface area contributed by atoms with Crippen molar-refractivity contribution in [1.29, 1.82) is 0 Å². The molecule has 2 rings (SSSR count). The van der Waals surface area contributed by atoms with Crippen LogP contribution in [0.5, 0.6) is 0 Å². The summed E-state index contributed by atoms with van der Waals surface area (Å²) in [7, 11) is 1.21. The smallest absolute Gasteiger partial charge is 0.333 e. The molecule has 0 amide bonds. The molecular formula is C14H13F2NO3. The fraction of sp³-hybridized carbons (Fsp3) is 0.214. The number of benzene rings is 1. The SMILES string of the molecule is COC1=C(c2ccccc2)C(F)(F)C(N)C(C(=O)O)=C1. The van der Waals surface area contributed by atoms with Crippen molar-refractivity contribution in [1.82, 2.24) is 0 Å². The Labute approximate surface area is 114 Å². The lowest BCUT2D eigenvalue weighted by atomic mass is 9.85. The first kappa shape index (κ1) is 14.2. The summed E-state index contributed by atoms with van der Waals surface area (Å²) in [6.45, 7) is 0. The van der Waals surface area contributed by atoms with Gasteiger partial charge in [0.05, 0.1) is 18.3 Å². The molecule has 1 atom stereocenters. The first-order valence-corrected chi connectivity index (χ1v) is 5.82. The third kappa shape index (κ3) is 2.18. The molecule has 0 bridgehead atoms. The minimum atomic E-state index is -3.53. The van der Waals surface area contributed by atoms with E-state index in [0.29, 0.717) is 0 Å². The number of methoxy groups -OCH3 is 1. The second-order valence-electron chi connectivity index (χ2n) is 4.31. The molecule has 6 heteroatoms. The predicted octanol–water partition coefficient (Wildman–Crippen LogP) is 2.03. The molecule has 1 aliphatic carbocycles.